The van der Waals surface area contributed by atoms with E-state index in [0.717, 1.165) is 44.6 Å². The molecule has 0 spiro atoms. The van der Waals surface area contributed by atoms with E-state index in [0.29, 0.717) is 0 Å². The highest BCUT2D eigenvalue weighted by molar-refractivity contribution is 5.17. The number of morpholine rings is 1. The Kier molecular flexibility index (Phi) is 5.91. The molecular formula is C15H24FN3O. The van der Waals surface area contributed by atoms with Gasteiger partial charge in [0.1, 0.15) is 5.82 Å². The Morgan fingerprint density at radius 2 is 2.20 bits per heavy atom. The molecule has 112 valence electrons. The largest absolute Gasteiger partial charge is 0.374 e. The molecule has 1 fully saturated rings. The Morgan fingerprint density at radius 3 is 2.85 bits per heavy atom. The van der Waals surface area contributed by atoms with Gasteiger partial charge in [-0.3, -0.25) is 16.2 Å². The Balaban J connectivity index is 1.95. The zero-order chi connectivity index (χ0) is 14.4. The van der Waals surface area contributed by atoms with E-state index in [9.17, 15) is 4.39 Å². The van der Waals surface area contributed by atoms with Gasteiger partial charge in [-0.15, -0.1) is 0 Å². The lowest BCUT2D eigenvalue weighted by molar-refractivity contribution is -0.0462. The highest BCUT2D eigenvalue weighted by Crippen LogP contribution is 2.14. The number of hydrazine groups is 1. The summed E-state index contributed by atoms with van der Waals surface area (Å²) in [7, 11) is 0. The summed E-state index contributed by atoms with van der Waals surface area (Å²) in [5.74, 6) is 5.46. The van der Waals surface area contributed by atoms with Crippen LogP contribution in [0.4, 0.5) is 4.39 Å². The molecule has 1 saturated heterocycles. The molecule has 1 aromatic rings. The van der Waals surface area contributed by atoms with E-state index in [1.807, 2.05) is 0 Å². The topological polar surface area (TPSA) is 50.5 Å². The van der Waals surface area contributed by atoms with Crippen molar-refractivity contribution in [2.75, 3.05) is 26.2 Å². The summed E-state index contributed by atoms with van der Waals surface area (Å²) in [6.45, 7) is 5.89. The number of ether oxygens (including phenoxy) is 1. The summed E-state index contributed by atoms with van der Waals surface area (Å²) < 4.78 is 18.8. The van der Waals surface area contributed by atoms with E-state index in [1.165, 1.54) is 12.1 Å². The van der Waals surface area contributed by atoms with Gasteiger partial charge in [0.25, 0.3) is 0 Å². The molecule has 2 rings (SSSR count). The maximum absolute atomic E-state index is 12.9. The molecule has 3 N–H and O–H groups in total. The molecule has 1 aliphatic rings. The maximum Gasteiger partial charge on any atom is 0.123 e. The molecule has 0 bridgehead atoms. The van der Waals surface area contributed by atoms with Gasteiger partial charge < -0.3 is 4.74 Å². The quantitative estimate of drug-likeness (QED) is 0.610. The van der Waals surface area contributed by atoms with Gasteiger partial charge in [0.05, 0.1) is 18.8 Å². The van der Waals surface area contributed by atoms with Gasteiger partial charge in [0, 0.05) is 13.1 Å². The maximum atomic E-state index is 12.9. The van der Waals surface area contributed by atoms with Crippen molar-refractivity contribution in [1.29, 1.82) is 0 Å². The zero-order valence-electron chi connectivity index (χ0n) is 12.0. The molecule has 2 unspecified atom stereocenters. The van der Waals surface area contributed by atoms with Crippen molar-refractivity contribution in [2.24, 2.45) is 5.84 Å². The van der Waals surface area contributed by atoms with E-state index in [1.54, 1.807) is 12.1 Å². The van der Waals surface area contributed by atoms with Gasteiger partial charge in [0.15, 0.2) is 0 Å². The molecule has 0 saturated carbocycles. The summed E-state index contributed by atoms with van der Waals surface area (Å²) in [5.41, 5.74) is 3.91. The molecule has 2 atom stereocenters. The minimum Gasteiger partial charge on any atom is -0.374 e. The van der Waals surface area contributed by atoms with Crippen LogP contribution in [0.15, 0.2) is 24.3 Å². The Hall–Kier alpha value is -1.01. The number of hydrogen-bond donors (Lipinski definition) is 2. The molecule has 5 heteroatoms. The van der Waals surface area contributed by atoms with Crippen molar-refractivity contribution < 1.29 is 9.13 Å². The van der Waals surface area contributed by atoms with Crippen LogP contribution in [-0.4, -0.2) is 43.3 Å². The standard InChI is InChI=1S/C15H24FN3O/c1-2-7-19-8-9-20-15(11-19)14(18-17)10-12-3-5-13(16)6-4-12/h3-6,14-15,18H,2,7-11,17H2,1H3. The van der Waals surface area contributed by atoms with E-state index in [-0.39, 0.29) is 18.0 Å². The third kappa shape index (κ3) is 4.24. The molecule has 0 aliphatic carbocycles. The lowest BCUT2D eigenvalue weighted by Crippen LogP contribution is -2.54. The van der Waals surface area contributed by atoms with Crippen LogP contribution in [0.3, 0.4) is 0 Å². The third-order valence-corrected chi connectivity index (χ3v) is 3.75. The average molecular weight is 281 g/mol. The number of nitrogens with one attached hydrogen (secondary N) is 1. The Morgan fingerprint density at radius 1 is 1.45 bits per heavy atom. The van der Waals surface area contributed by atoms with Crippen molar-refractivity contribution in [1.82, 2.24) is 10.3 Å². The highest BCUT2D eigenvalue weighted by Gasteiger charge is 2.27. The smallest absolute Gasteiger partial charge is 0.123 e. The molecular weight excluding hydrogens is 257 g/mol. The minimum atomic E-state index is -0.214. The van der Waals surface area contributed by atoms with Crippen molar-refractivity contribution in [3.63, 3.8) is 0 Å². The monoisotopic (exact) mass is 281 g/mol. The van der Waals surface area contributed by atoms with Crippen molar-refractivity contribution >= 4 is 0 Å². The van der Waals surface area contributed by atoms with E-state index < -0.39 is 0 Å². The number of benzene rings is 1. The summed E-state index contributed by atoms with van der Waals surface area (Å²) in [6, 6.07) is 6.60. The van der Waals surface area contributed by atoms with Crippen LogP contribution in [0.2, 0.25) is 0 Å². The van der Waals surface area contributed by atoms with Crippen LogP contribution in [0.1, 0.15) is 18.9 Å². The molecule has 20 heavy (non-hydrogen) atoms. The van der Waals surface area contributed by atoms with E-state index >= 15 is 0 Å². The van der Waals surface area contributed by atoms with Crippen LogP contribution in [0.25, 0.3) is 0 Å². The molecule has 1 aromatic carbocycles. The van der Waals surface area contributed by atoms with Crippen molar-refractivity contribution in [3.05, 3.63) is 35.6 Å². The second-order valence-electron chi connectivity index (χ2n) is 5.31. The van der Waals surface area contributed by atoms with Crippen LogP contribution in [0, 0.1) is 5.82 Å². The first-order valence-electron chi connectivity index (χ1n) is 7.27. The predicted octanol–water partition coefficient (Wildman–Crippen LogP) is 1.31. The van der Waals surface area contributed by atoms with Gasteiger partial charge in [-0.25, -0.2) is 4.39 Å². The number of halogens is 1. The number of rotatable bonds is 6. The number of nitrogens with two attached hydrogens (primary N) is 1. The molecule has 0 aromatic heterocycles. The van der Waals surface area contributed by atoms with Crippen LogP contribution in [-0.2, 0) is 11.2 Å². The fraction of sp³-hybridized carbons (Fsp3) is 0.600. The summed E-state index contributed by atoms with van der Waals surface area (Å²) in [5, 5.41) is 0. The Bertz CT molecular complexity index is 397. The average Bonchev–Trinajstić information content (AvgIpc) is 2.47. The second kappa shape index (κ2) is 7.69. The fourth-order valence-corrected chi connectivity index (χ4v) is 2.67. The van der Waals surface area contributed by atoms with Crippen molar-refractivity contribution in [2.45, 2.75) is 31.9 Å². The van der Waals surface area contributed by atoms with Gasteiger partial charge in [-0.2, -0.15) is 0 Å². The first-order valence-corrected chi connectivity index (χ1v) is 7.27. The Labute approximate surface area is 120 Å². The molecule has 0 amide bonds. The van der Waals surface area contributed by atoms with Gasteiger partial charge in [-0.05, 0) is 37.1 Å². The first kappa shape index (κ1) is 15.4. The lowest BCUT2D eigenvalue weighted by atomic mass is 10.0. The molecule has 4 nitrogen and oxygen atoms in total. The highest BCUT2D eigenvalue weighted by atomic mass is 19.1. The van der Waals surface area contributed by atoms with Gasteiger partial charge >= 0.3 is 0 Å². The summed E-state index contributed by atoms with van der Waals surface area (Å²) in [4.78, 5) is 2.41. The molecule has 0 radical (unpaired) electrons. The summed E-state index contributed by atoms with van der Waals surface area (Å²) in [6.07, 6.45) is 1.96. The number of hydrogen-bond acceptors (Lipinski definition) is 4. The number of nitrogens with zero attached hydrogens (tertiary/aromatic N) is 1. The second-order valence-corrected chi connectivity index (χ2v) is 5.31. The predicted molar refractivity (Wildman–Crippen MR) is 77.7 cm³/mol. The van der Waals surface area contributed by atoms with Crippen molar-refractivity contribution in [3.8, 4) is 0 Å². The zero-order valence-corrected chi connectivity index (χ0v) is 12.0. The van der Waals surface area contributed by atoms with Crippen LogP contribution >= 0.6 is 0 Å². The van der Waals surface area contributed by atoms with E-state index in [2.05, 4.69) is 17.2 Å². The lowest BCUT2D eigenvalue weighted by Gasteiger charge is -2.36. The molecule has 1 heterocycles. The third-order valence-electron chi connectivity index (χ3n) is 3.75. The van der Waals surface area contributed by atoms with E-state index in [4.69, 9.17) is 10.6 Å². The normalized spacial score (nSPS) is 21.9. The van der Waals surface area contributed by atoms with Gasteiger partial charge in [-0.1, -0.05) is 19.1 Å². The molecule has 1 aliphatic heterocycles. The van der Waals surface area contributed by atoms with Crippen LogP contribution in [0.5, 0.6) is 0 Å². The SMILES string of the molecule is CCCN1CCOC(C(Cc2ccc(F)cc2)NN)C1. The fourth-order valence-electron chi connectivity index (χ4n) is 2.67. The van der Waals surface area contributed by atoms with Crippen LogP contribution < -0.4 is 11.3 Å². The first-order chi connectivity index (χ1) is 9.72. The minimum absolute atomic E-state index is 0.0418. The summed E-state index contributed by atoms with van der Waals surface area (Å²) >= 11 is 0. The van der Waals surface area contributed by atoms with Gasteiger partial charge in [0.2, 0.25) is 0 Å².